The second kappa shape index (κ2) is 13.8. The van der Waals surface area contributed by atoms with E-state index < -0.39 is 25.8 Å². The van der Waals surface area contributed by atoms with E-state index in [0.29, 0.717) is 12.4 Å². The van der Waals surface area contributed by atoms with Gasteiger partial charge in [-0.1, -0.05) is 45.3 Å². The Kier molecular flexibility index (Phi) is 10.9. The van der Waals surface area contributed by atoms with Crippen molar-refractivity contribution in [2.75, 3.05) is 11.9 Å². The molecule has 0 aromatic carbocycles. The van der Waals surface area contributed by atoms with E-state index in [0.717, 1.165) is 73.8 Å². The van der Waals surface area contributed by atoms with Crippen molar-refractivity contribution >= 4 is 25.8 Å². The first-order valence-electron chi connectivity index (χ1n) is 14.6. The number of nitrogens with one attached hydrogen (secondary N) is 2. The number of carbonyl (C=O) groups is 2. The first kappa shape index (κ1) is 31.8. The lowest BCUT2D eigenvalue weighted by atomic mass is 9.91. The summed E-state index contributed by atoms with van der Waals surface area (Å²) in [5.74, 6) is -0.186. The zero-order chi connectivity index (χ0) is 29.5. The summed E-state index contributed by atoms with van der Waals surface area (Å²) in [5, 5.41) is 10.5. The van der Waals surface area contributed by atoms with Crippen LogP contribution in [0.25, 0.3) is 11.3 Å². The van der Waals surface area contributed by atoms with Gasteiger partial charge in [0.1, 0.15) is 18.4 Å². The minimum absolute atomic E-state index is 0.0614. The van der Waals surface area contributed by atoms with Gasteiger partial charge in [-0.2, -0.15) is 5.10 Å². The van der Waals surface area contributed by atoms with E-state index >= 15 is 0 Å². The van der Waals surface area contributed by atoms with Crippen molar-refractivity contribution in [1.29, 1.82) is 0 Å². The van der Waals surface area contributed by atoms with E-state index in [1.54, 1.807) is 6.20 Å². The number of hydrogen-bond acceptors (Lipinski definition) is 6. The van der Waals surface area contributed by atoms with Gasteiger partial charge in [-0.15, -0.1) is 0 Å². The summed E-state index contributed by atoms with van der Waals surface area (Å²) in [7, 11) is -1.14. The molecule has 9 nitrogen and oxygen atoms in total. The number of rotatable bonds is 10. The van der Waals surface area contributed by atoms with Crippen LogP contribution < -0.4 is 10.6 Å². The zero-order valence-corrected chi connectivity index (χ0v) is 26.7. The molecule has 222 valence electrons. The lowest BCUT2D eigenvalue weighted by Gasteiger charge is -2.28. The number of nitrogens with zero attached hydrogens (tertiary/aromatic N) is 3. The van der Waals surface area contributed by atoms with E-state index in [1.165, 1.54) is 0 Å². The molecule has 2 aromatic heterocycles. The van der Waals surface area contributed by atoms with Crippen molar-refractivity contribution in [1.82, 2.24) is 20.1 Å². The van der Waals surface area contributed by atoms with Crippen LogP contribution in [-0.4, -0.2) is 53.1 Å². The van der Waals surface area contributed by atoms with E-state index in [1.807, 2.05) is 51.4 Å². The molecule has 0 bridgehead atoms. The summed E-state index contributed by atoms with van der Waals surface area (Å²) in [6.45, 7) is 17.6. The van der Waals surface area contributed by atoms with Crippen LogP contribution >= 0.6 is 0 Å². The molecule has 10 heteroatoms. The topological polar surface area (TPSA) is 107 Å². The van der Waals surface area contributed by atoms with E-state index in [9.17, 15) is 9.59 Å². The predicted octanol–water partition coefficient (Wildman–Crippen LogP) is 6.68. The molecule has 1 saturated carbocycles. The number of carbonyl (C=O) groups excluding carboxylic acids is 2. The molecule has 1 atom stereocenters. The standard InChI is InChI=1S/C30H49N5O4Si/c1-21-26(22(2)35(34-21)20-38-17-18-40(6,7)8)25-16-15-24(19-31-25)32-28(36)27(23-13-11-9-10-12-14-23)33-29(37)39-30(3,4)5/h15-16,19,23,27H,9-14,17-18,20H2,1-8H3,(H,32,36)(H,33,37)/t27-/m0/s1. The van der Waals surface area contributed by atoms with Crippen molar-refractivity contribution in [3.05, 3.63) is 29.7 Å². The van der Waals surface area contributed by atoms with Crippen LogP contribution in [0.15, 0.2) is 18.3 Å². The molecule has 2 N–H and O–H groups in total. The number of alkyl carbamates (subject to hydrolysis) is 1. The largest absolute Gasteiger partial charge is 0.444 e. The third kappa shape index (κ3) is 9.73. The summed E-state index contributed by atoms with van der Waals surface area (Å²) in [6.07, 6.45) is 7.30. The van der Waals surface area contributed by atoms with Crippen molar-refractivity contribution in [2.45, 2.75) is 117 Å². The average molecular weight is 572 g/mol. The van der Waals surface area contributed by atoms with Gasteiger partial charge in [0.2, 0.25) is 5.91 Å². The maximum atomic E-state index is 13.4. The van der Waals surface area contributed by atoms with Gasteiger partial charge in [0.05, 0.1) is 23.3 Å². The maximum absolute atomic E-state index is 13.4. The minimum atomic E-state index is -1.14. The molecule has 2 amide bonds. The van der Waals surface area contributed by atoms with Gasteiger partial charge in [-0.25, -0.2) is 9.48 Å². The Hall–Kier alpha value is -2.72. The lowest BCUT2D eigenvalue weighted by molar-refractivity contribution is -0.119. The Morgan fingerprint density at radius 1 is 1.10 bits per heavy atom. The highest BCUT2D eigenvalue weighted by molar-refractivity contribution is 6.76. The van der Waals surface area contributed by atoms with Crippen molar-refractivity contribution in [2.24, 2.45) is 5.92 Å². The van der Waals surface area contributed by atoms with Gasteiger partial charge in [0, 0.05) is 25.9 Å². The highest BCUT2D eigenvalue weighted by atomic mass is 28.3. The second-order valence-electron chi connectivity index (χ2n) is 13.2. The summed E-state index contributed by atoms with van der Waals surface area (Å²) in [6, 6.07) is 4.18. The highest BCUT2D eigenvalue weighted by Crippen LogP contribution is 2.28. The van der Waals surface area contributed by atoms with Crippen molar-refractivity contribution in [3.63, 3.8) is 0 Å². The van der Waals surface area contributed by atoms with Crippen molar-refractivity contribution < 1.29 is 19.1 Å². The molecule has 0 aliphatic heterocycles. The Bertz CT molecular complexity index is 1130. The number of ether oxygens (including phenoxy) is 2. The Labute approximate surface area is 240 Å². The number of anilines is 1. The molecule has 0 saturated heterocycles. The second-order valence-corrected chi connectivity index (χ2v) is 18.8. The number of hydrogen-bond donors (Lipinski definition) is 2. The number of aromatic nitrogens is 3. The maximum Gasteiger partial charge on any atom is 0.408 e. The molecule has 3 rings (SSSR count). The molecule has 0 unspecified atom stereocenters. The van der Waals surface area contributed by atoms with Gasteiger partial charge in [0.25, 0.3) is 0 Å². The summed E-state index contributed by atoms with van der Waals surface area (Å²) < 4.78 is 13.3. The van der Waals surface area contributed by atoms with E-state index in [2.05, 4.69) is 40.4 Å². The highest BCUT2D eigenvalue weighted by Gasteiger charge is 2.32. The van der Waals surface area contributed by atoms with Gasteiger partial charge >= 0.3 is 6.09 Å². The predicted molar refractivity (Wildman–Crippen MR) is 162 cm³/mol. The normalized spacial score (nSPS) is 15.8. The van der Waals surface area contributed by atoms with Crippen LogP contribution in [0, 0.1) is 19.8 Å². The molecule has 1 aliphatic carbocycles. The SMILES string of the molecule is Cc1nn(COCC[Si](C)(C)C)c(C)c1-c1ccc(NC(=O)[C@@H](NC(=O)OC(C)(C)C)C2CCCCCC2)cn1. The first-order chi connectivity index (χ1) is 18.7. The van der Waals surface area contributed by atoms with Gasteiger partial charge < -0.3 is 20.1 Å². The molecule has 1 aliphatic rings. The fourth-order valence-corrected chi connectivity index (χ4v) is 5.79. The molecule has 2 heterocycles. The Morgan fingerprint density at radius 2 is 1.77 bits per heavy atom. The molecule has 1 fully saturated rings. The van der Waals surface area contributed by atoms with Crippen LogP contribution in [0.1, 0.15) is 70.7 Å². The monoisotopic (exact) mass is 571 g/mol. The van der Waals surface area contributed by atoms with E-state index in [-0.39, 0.29) is 11.8 Å². The summed E-state index contributed by atoms with van der Waals surface area (Å²) in [4.78, 5) is 30.7. The van der Waals surface area contributed by atoms with Crippen molar-refractivity contribution in [3.8, 4) is 11.3 Å². The first-order valence-corrected chi connectivity index (χ1v) is 18.3. The third-order valence-electron chi connectivity index (χ3n) is 7.20. The number of aryl methyl sites for hydroxylation is 1. The lowest BCUT2D eigenvalue weighted by Crippen LogP contribution is -2.49. The van der Waals surface area contributed by atoms with Crippen LogP contribution in [-0.2, 0) is 21.0 Å². The van der Waals surface area contributed by atoms with E-state index in [4.69, 9.17) is 9.47 Å². The minimum Gasteiger partial charge on any atom is -0.444 e. The molecular formula is C30H49N5O4Si. The number of pyridine rings is 1. The molecule has 40 heavy (non-hydrogen) atoms. The summed E-state index contributed by atoms with van der Waals surface area (Å²) >= 11 is 0. The molecule has 0 spiro atoms. The molecule has 0 radical (unpaired) electrons. The van der Waals surface area contributed by atoms with Gasteiger partial charge in [-0.3, -0.25) is 9.78 Å². The molecule has 2 aromatic rings. The smallest absolute Gasteiger partial charge is 0.408 e. The quantitative estimate of drug-likeness (QED) is 0.187. The fraction of sp³-hybridized carbons (Fsp3) is 0.667. The van der Waals surface area contributed by atoms with Gasteiger partial charge in [-0.05, 0) is 71.6 Å². The fourth-order valence-electron chi connectivity index (χ4n) is 5.03. The van der Waals surface area contributed by atoms with Crippen LogP contribution in [0.3, 0.4) is 0 Å². The van der Waals surface area contributed by atoms with Crippen LogP contribution in [0.5, 0.6) is 0 Å². The number of amides is 2. The Morgan fingerprint density at radius 3 is 2.35 bits per heavy atom. The van der Waals surface area contributed by atoms with Crippen LogP contribution in [0.2, 0.25) is 25.7 Å². The summed E-state index contributed by atoms with van der Waals surface area (Å²) in [5.41, 5.74) is 3.56. The average Bonchev–Trinajstić information content (AvgIpc) is 3.01. The molecular weight excluding hydrogens is 522 g/mol. The van der Waals surface area contributed by atoms with Gasteiger partial charge in [0.15, 0.2) is 0 Å². The Balaban J connectivity index is 1.70. The van der Waals surface area contributed by atoms with Crippen LogP contribution in [0.4, 0.5) is 10.5 Å². The zero-order valence-electron chi connectivity index (χ0n) is 25.7. The third-order valence-corrected chi connectivity index (χ3v) is 8.91.